The van der Waals surface area contributed by atoms with Crippen LogP contribution in [0.25, 0.3) is 6.08 Å². The van der Waals surface area contributed by atoms with Crippen LogP contribution in [0.1, 0.15) is 41.3 Å². The van der Waals surface area contributed by atoms with E-state index in [-0.39, 0.29) is 35.7 Å². The van der Waals surface area contributed by atoms with Crippen molar-refractivity contribution in [3.8, 4) is 5.75 Å². The van der Waals surface area contributed by atoms with Crippen LogP contribution in [-0.2, 0) is 9.59 Å². The highest BCUT2D eigenvalue weighted by Gasteiger charge is 2.36. The second kappa shape index (κ2) is 12.2. The molecule has 0 spiro atoms. The Balaban J connectivity index is 1.33. The molecule has 38 heavy (non-hydrogen) atoms. The topological polar surface area (TPSA) is 92.8 Å². The van der Waals surface area contributed by atoms with E-state index in [4.69, 9.17) is 4.74 Å². The molecular weight excluding hydrogens is 568 g/mol. The number of anilines is 1. The van der Waals surface area contributed by atoms with E-state index in [0.29, 0.717) is 16.9 Å². The molecule has 1 aliphatic heterocycles. The standard InChI is InChI=1S/C29H25BrN2O5S/c1-18(2)23-5-3-4-6-24(23)31-27(34)17-37-22-13-7-19(8-14-22)15-26-28(35)32(29(36)38-26)16-25(33)20-9-11-21(30)12-10-20/h3-15,18H,16-17H2,1-2H3,(H,31,34)/b26-15+. The van der Waals surface area contributed by atoms with Gasteiger partial charge in [0.15, 0.2) is 12.4 Å². The Morgan fingerprint density at radius 2 is 1.68 bits per heavy atom. The molecule has 9 heteroatoms. The summed E-state index contributed by atoms with van der Waals surface area (Å²) in [4.78, 5) is 51.3. The van der Waals surface area contributed by atoms with Crippen molar-refractivity contribution in [1.82, 2.24) is 4.90 Å². The molecule has 0 aliphatic carbocycles. The molecule has 0 bridgehead atoms. The van der Waals surface area contributed by atoms with Crippen molar-refractivity contribution < 1.29 is 23.9 Å². The second-order valence-electron chi connectivity index (χ2n) is 8.85. The summed E-state index contributed by atoms with van der Waals surface area (Å²) >= 11 is 4.11. The number of thioether (sulfide) groups is 1. The third-order valence-electron chi connectivity index (χ3n) is 5.75. The van der Waals surface area contributed by atoms with Crippen LogP contribution >= 0.6 is 27.7 Å². The SMILES string of the molecule is CC(C)c1ccccc1NC(=O)COc1ccc(/C=C2/SC(=O)N(CC(=O)c3ccc(Br)cc3)C2=O)cc1. The molecule has 4 rings (SSSR count). The van der Waals surface area contributed by atoms with E-state index in [0.717, 1.165) is 32.4 Å². The third kappa shape index (κ3) is 6.79. The average Bonchev–Trinajstić information content (AvgIpc) is 3.16. The lowest BCUT2D eigenvalue weighted by molar-refractivity contribution is -0.122. The molecule has 1 fully saturated rings. The largest absolute Gasteiger partial charge is 0.484 e. The van der Waals surface area contributed by atoms with Gasteiger partial charge in [0.1, 0.15) is 5.75 Å². The Morgan fingerprint density at radius 3 is 2.37 bits per heavy atom. The number of Topliss-reactive ketones (excluding diaryl/α,β-unsaturated/α-hetero) is 1. The van der Waals surface area contributed by atoms with Crippen LogP contribution in [0.3, 0.4) is 0 Å². The quantitative estimate of drug-likeness (QED) is 0.225. The van der Waals surface area contributed by atoms with Gasteiger partial charge in [-0.05, 0) is 65.2 Å². The molecule has 1 N–H and O–H groups in total. The van der Waals surface area contributed by atoms with Crippen LogP contribution in [0.2, 0.25) is 0 Å². The number of carbonyl (C=O) groups excluding carboxylic acids is 4. The van der Waals surface area contributed by atoms with E-state index in [9.17, 15) is 19.2 Å². The number of para-hydroxylation sites is 1. The van der Waals surface area contributed by atoms with Gasteiger partial charge in [0.05, 0.1) is 11.4 Å². The first-order valence-electron chi connectivity index (χ1n) is 11.9. The van der Waals surface area contributed by atoms with Crippen molar-refractivity contribution >= 4 is 62.3 Å². The summed E-state index contributed by atoms with van der Waals surface area (Å²) in [5.41, 5.74) is 2.91. The minimum Gasteiger partial charge on any atom is -0.484 e. The van der Waals surface area contributed by atoms with Gasteiger partial charge in [0.2, 0.25) is 0 Å². The van der Waals surface area contributed by atoms with E-state index < -0.39 is 11.1 Å². The lowest BCUT2D eigenvalue weighted by Gasteiger charge is -2.14. The van der Waals surface area contributed by atoms with E-state index in [1.54, 1.807) is 54.6 Å². The number of amides is 3. The highest BCUT2D eigenvalue weighted by atomic mass is 79.9. The molecule has 0 saturated carbocycles. The van der Waals surface area contributed by atoms with Crippen molar-refractivity contribution in [2.24, 2.45) is 0 Å². The predicted octanol–water partition coefficient (Wildman–Crippen LogP) is 6.51. The molecule has 0 atom stereocenters. The number of imide groups is 1. The molecule has 1 saturated heterocycles. The molecule has 3 amide bonds. The number of ether oxygens (including phenoxy) is 1. The van der Waals surface area contributed by atoms with E-state index in [1.165, 1.54) is 0 Å². The number of hydrogen-bond donors (Lipinski definition) is 1. The molecule has 0 aromatic heterocycles. The first-order chi connectivity index (χ1) is 18.2. The van der Waals surface area contributed by atoms with Crippen LogP contribution in [0.4, 0.5) is 10.5 Å². The number of nitrogens with zero attached hydrogens (tertiary/aromatic N) is 1. The Kier molecular flexibility index (Phi) is 8.81. The van der Waals surface area contributed by atoms with Gasteiger partial charge in [0.25, 0.3) is 17.1 Å². The van der Waals surface area contributed by atoms with Crippen LogP contribution in [0, 0.1) is 0 Å². The average molecular weight is 593 g/mol. The van der Waals surface area contributed by atoms with Crippen molar-refractivity contribution in [2.75, 3.05) is 18.5 Å². The maximum Gasteiger partial charge on any atom is 0.293 e. The summed E-state index contributed by atoms with van der Waals surface area (Å²) in [5.74, 6) is -0.340. The summed E-state index contributed by atoms with van der Waals surface area (Å²) < 4.78 is 6.43. The number of carbonyl (C=O) groups is 4. The van der Waals surface area contributed by atoms with Gasteiger partial charge in [-0.2, -0.15) is 0 Å². The summed E-state index contributed by atoms with van der Waals surface area (Å²) in [5, 5.41) is 2.40. The fourth-order valence-corrected chi connectivity index (χ4v) is 4.87. The first kappa shape index (κ1) is 27.3. The molecule has 0 unspecified atom stereocenters. The molecule has 0 radical (unpaired) electrons. The Labute approximate surface area is 233 Å². The zero-order valence-electron chi connectivity index (χ0n) is 20.8. The van der Waals surface area contributed by atoms with Crippen molar-refractivity contribution in [3.05, 3.63) is 98.9 Å². The number of benzene rings is 3. The van der Waals surface area contributed by atoms with E-state index in [2.05, 4.69) is 35.1 Å². The van der Waals surface area contributed by atoms with Gasteiger partial charge in [-0.25, -0.2) is 0 Å². The van der Waals surface area contributed by atoms with Gasteiger partial charge < -0.3 is 10.1 Å². The number of rotatable bonds is 9. The van der Waals surface area contributed by atoms with Gasteiger partial charge in [-0.3, -0.25) is 24.1 Å². The molecular formula is C29H25BrN2O5S. The third-order valence-corrected chi connectivity index (χ3v) is 7.18. The maximum atomic E-state index is 12.8. The number of hydrogen-bond acceptors (Lipinski definition) is 6. The molecule has 3 aromatic rings. The van der Waals surface area contributed by atoms with Crippen LogP contribution in [-0.4, -0.2) is 40.9 Å². The molecule has 7 nitrogen and oxygen atoms in total. The number of ketones is 1. The van der Waals surface area contributed by atoms with E-state index in [1.807, 2.05) is 24.3 Å². The van der Waals surface area contributed by atoms with Crippen LogP contribution < -0.4 is 10.1 Å². The minimum absolute atomic E-state index is 0.156. The van der Waals surface area contributed by atoms with Gasteiger partial charge in [-0.15, -0.1) is 0 Å². The van der Waals surface area contributed by atoms with Gasteiger partial charge in [-0.1, -0.05) is 72.2 Å². The summed E-state index contributed by atoms with van der Waals surface area (Å²) in [6, 6.07) is 21.2. The van der Waals surface area contributed by atoms with Gasteiger partial charge >= 0.3 is 0 Å². The fourth-order valence-electron chi connectivity index (χ4n) is 3.77. The molecule has 1 aliphatic rings. The van der Waals surface area contributed by atoms with Crippen molar-refractivity contribution in [1.29, 1.82) is 0 Å². The highest BCUT2D eigenvalue weighted by molar-refractivity contribution is 9.10. The number of nitrogens with one attached hydrogen (secondary N) is 1. The predicted molar refractivity (Wildman–Crippen MR) is 152 cm³/mol. The van der Waals surface area contributed by atoms with E-state index >= 15 is 0 Å². The smallest absolute Gasteiger partial charge is 0.293 e. The molecule has 1 heterocycles. The monoisotopic (exact) mass is 592 g/mol. The van der Waals surface area contributed by atoms with Crippen LogP contribution in [0.5, 0.6) is 5.75 Å². The summed E-state index contributed by atoms with van der Waals surface area (Å²) in [6.07, 6.45) is 1.59. The lowest BCUT2D eigenvalue weighted by Crippen LogP contribution is -2.33. The molecule has 3 aromatic carbocycles. The first-order valence-corrected chi connectivity index (χ1v) is 13.5. The second-order valence-corrected chi connectivity index (χ2v) is 10.8. The van der Waals surface area contributed by atoms with Gasteiger partial charge in [0, 0.05) is 15.7 Å². The van der Waals surface area contributed by atoms with Crippen LogP contribution in [0.15, 0.2) is 82.2 Å². The normalized spacial score (nSPS) is 14.3. The minimum atomic E-state index is -0.510. The Hall–Kier alpha value is -3.69. The summed E-state index contributed by atoms with van der Waals surface area (Å²) in [6.45, 7) is 3.65. The number of halogens is 1. The Bertz CT molecular complexity index is 1400. The molecule has 194 valence electrons. The van der Waals surface area contributed by atoms with Crippen molar-refractivity contribution in [3.63, 3.8) is 0 Å². The Morgan fingerprint density at radius 1 is 1.00 bits per heavy atom. The summed E-state index contributed by atoms with van der Waals surface area (Å²) in [7, 11) is 0. The maximum absolute atomic E-state index is 12.8. The highest BCUT2D eigenvalue weighted by Crippen LogP contribution is 2.32. The zero-order chi connectivity index (χ0) is 27.2. The zero-order valence-corrected chi connectivity index (χ0v) is 23.2. The lowest BCUT2D eigenvalue weighted by atomic mass is 10.0. The fraction of sp³-hybridized carbons (Fsp3) is 0.172. The van der Waals surface area contributed by atoms with Crippen molar-refractivity contribution in [2.45, 2.75) is 19.8 Å².